The van der Waals surface area contributed by atoms with Crippen LogP contribution >= 0.6 is 11.8 Å². The van der Waals surface area contributed by atoms with Gasteiger partial charge in [-0.2, -0.15) is 0 Å². The molecule has 3 rings (SSSR count). The van der Waals surface area contributed by atoms with Crippen molar-refractivity contribution < 1.29 is 9.18 Å². The summed E-state index contributed by atoms with van der Waals surface area (Å²) in [7, 11) is 0. The minimum atomic E-state index is -0.491. The Morgan fingerprint density at radius 3 is 2.85 bits per heavy atom. The number of benzene rings is 1. The second-order valence-electron chi connectivity index (χ2n) is 6.36. The van der Waals surface area contributed by atoms with Crippen LogP contribution in [0.1, 0.15) is 32.0 Å². The van der Waals surface area contributed by atoms with E-state index in [1.165, 1.54) is 23.9 Å². The number of nitrogens with one attached hydrogen (secondary N) is 2. The molecule has 0 bridgehead atoms. The Kier molecular flexibility index (Phi) is 5.65. The summed E-state index contributed by atoms with van der Waals surface area (Å²) in [6.45, 7) is 5.79. The Balaban J connectivity index is 1.86. The number of aromatic amines is 1. The summed E-state index contributed by atoms with van der Waals surface area (Å²) in [5.41, 5.74) is 1.87. The van der Waals surface area contributed by atoms with Crippen molar-refractivity contribution in [3.8, 4) is 0 Å². The second-order valence-corrected chi connectivity index (χ2v) is 7.30. The number of nitrogens with zero attached hydrogens (tertiary/aromatic N) is 2. The van der Waals surface area contributed by atoms with Crippen LogP contribution in [0.25, 0.3) is 11.0 Å². The predicted molar refractivity (Wildman–Crippen MR) is 106 cm³/mol. The molecule has 1 amide bonds. The average molecular weight is 388 g/mol. The molecule has 142 valence electrons. The van der Waals surface area contributed by atoms with Crippen molar-refractivity contribution in [3.63, 3.8) is 0 Å². The molecule has 8 heteroatoms. The molecule has 1 atom stereocenters. The molecule has 2 heterocycles. The molecule has 0 aliphatic carbocycles. The molecule has 1 aromatic carbocycles. The third kappa shape index (κ3) is 4.05. The van der Waals surface area contributed by atoms with Crippen molar-refractivity contribution >= 4 is 34.4 Å². The third-order valence-corrected chi connectivity index (χ3v) is 5.25. The Bertz CT molecular complexity index is 1040. The molecular formula is C19H21FN4O2S. The highest BCUT2D eigenvalue weighted by Crippen LogP contribution is 2.23. The standard InChI is InChI=1S/C19H21FN4O2S/c1-4-12(3)24-18(26)17-15(9-11(2)21-17)23-19(24)27-10-16(25)22-14-8-6-5-7-13(14)20/h5-9,12,21H,4,10H2,1-3H3,(H,22,25). The largest absolute Gasteiger partial charge is 0.353 e. The Hall–Kier alpha value is -2.61. The van der Waals surface area contributed by atoms with Crippen LogP contribution in [0.2, 0.25) is 0 Å². The van der Waals surface area contributed by atoms with E-state index in [1.807, 2.05) is 20.8 Å². The Morgan fingerprint density at radius 1 is 1.41 bits per heavy atom. The van der Waals surface area contributed by atoms with Crippen molar-refractivity contribution in [2.24, 2.45) is 0 Å². The number of aromatic nitrogens is 3. The lowest BCUT2D eigenvalue weighted by Crippen LogP contribution is -2.26. The maximum atomic E-state index is 13.7. The van der Waals surface area contributed by atoms with Crippen LogP contribution < -0.4 is 10.9 Å². The molecular weight excluding hydrogens is 367 g/mol. The zero-order valence-corrected chi connectivity index (χ0v) is 16.2. The minimum Gasteiger partial charge on any atom is -0.353 e. The average Bonchev–Trinajstić information content (AvgIpc) is 3.02. The smallest absolute Gasteiger partial charge is 0.278 e. The van der Waals surface area contributed by atoms with Crippen LogP contribution in [0.5, 0.6) is 0 Å². The molecule has 27 heavy (non-hydrogen) atoms. The lowest BCUT2D eigenvalue weighted by molar-refractivity contribution is -0.113. The van der Waals surface area contributed by atoms with Crippen molar-refractivity contribution in [1.29, 1.82) is 0 Å². The van der Waals surface area contributed by atoms with Gasteiger partial charge in [0, 0.05) is 11.7 Å². The van der Waals surface area contributed by atoms with E-state index in [0.29, 0.717) is 16.2 Å². The monoisotopic (exact) mass is 388 g/mol. The number of fused-ring (bicyclic) bond motifs is 1. The van der Waals surface area contributed by atoms with Gasteiger partial charge in [0.25, 0.3) is 5.56 Å². The second kappa shape index (κ2) is 7.96. The summed E-state index contributed by atoms with van der Waals surface area (Å²) in [5.74, 6) is -0.832. The first kappa shape index (κ1) is 19.2. The Labute approximate surface area is 160 Å². The summed E-state index contributed by atoms with van der Waals surface area (Å²) in [6.07, 6.45) is 0.752. The van der Waals surface area contributed by atoms with Gasteiger partial charge in [-0.15, -0.1) is 0 Å². The summed E-state index contributed by atoms with van der Waals surface area (Å²) >= 11 is 1.17. The van der Waals surface area contributed by atoms with Gasteiger partial charge in [-0.25, -0.2) is 9.37 Å². The quantitative estimate of drug-likeness (QED) is 0.496. The van der Waals surface area contributed by atoms with Gasteiger partial charge in [0.2, 0.25) is 5.91 Å². The van der Waals surface area contributed by atoms with Crippen molar-refractivity contribution in [2.45, 2.75) is 38.4 Å². The molecule has 0 radical (unpaired) electrons. The first-order chi connectivity index (χ1) is 12.9. The van der Waals surface area contributed by atoms with E-state index >= 15 is 0 Å². The molecule has 2 N–H and O–H groups in total. The van der Waals surface area contributed by atoms with E-state index in [9.17, 15) is 14.0 Å². The van der Waals surface area contributed by atoms with Crippen molar-refractivity contribution in [1.82, 2.24) is 14.5 Å². The van der Waals surface area contributed by atoms with Crippen molar-refractivity contribution in [3.05, 3.63) is 52.2 Å². The highest BCUT2D eigenvalue weighted by molar-refractivity contribution is 7.99. The summed E-state index contributed by atoms with van der Waals surface area (Å²) in [5, 5.41) is 3.02. The predicted octanol–water partition coefficient (Wildman–Crippen LogP) is 3.87. The number of para-hydroxylation sites is 1. The number of halogens is 1. The van der Waals surface area contributed by atoms with E-state index in [1.54, 1.807) is 22.8 Å². The van der Waals surface area contributed by atoms with E-state index in [0.717, 1.165) is 12.1 Å². The van der Waals surface area contributed by atoms with E-state index < -0.39 is 5.82 Å². The number of rotatable bonds is 6. The van der Waals surface area contributed by atoms with E-state index in [2.05, 4.69) is 15.3 Å². The molecule has 2 aromatic heterocycles. The SMILES string of the molecule is CCC(C)n1c(SCC(=O)Nc2ccccc2F)nc2cc(C)[nH]c2c1=O. The fraction of sp³-hybridized carbons (Fsp3) is 0.316. The van der Waals surface area contributed by atoms with Crippen LogP contribution in [-0.4, -0.2) is 26.2 Å². The Morgan fingerprint density at radius 2 is 2.15 bits per heavy atom. The van der Waals surface area contributed by atoms with Gasteiger partial charge >= 0.3 is 0 Å². The zero-order valence-electron chi connectivity index (χ0n) is 15.4. The first-order valence-corrected chi connectivity index (χ1v) is 9.68. The van der Waals surface area contributed by atoms with E-state index in [-0.39, 0.29) is 28.9 Å². The van der Waals surface area contributed by atoms with Crippen LogP contribution in [0, 0.1) is 12.7 Å². The summed E-state index contributed by atoms with van der Waals surface area (Å²) in [4.78, 5) is 32.7. The topological polar surface area (TPSA) is 79.8 Å². The van der Waals surface area contributed by atoms with Gasteiger partial charge in [0.15, 0.2) is 5.16 Å². The number of hydrogen-bond donors (Lipinski definition) is 2. The van der Waals surface area contributed by atoms with Gasteiger partial charge in [0.1, 0.15) is 11.3 Å². The fourth-order valence-corrected chi connectivity index (χ4v) is 3.64. The van der Waals surface area contributed by atoms with Gasteiger partial charge in [-0.05, 0) is 38.5 Å². The van der Waals surface area contributed by atoms with Gasteiger partial charge < -0.3 is 10.3 Å². The van der Waals surface area contributed by atoms with Crippen LogP contribution in [0.15, 0.2) is 40.3 Å². The summed E-state index contributed by atoms with van der Waals surface area (Å²) in [6, 6.07) is 7.74. The molecule has 0 saturated heterocycles. The van der Waals surface area contributed by atoms with Crippen LogP contribution in [0.4, 0.5) is 10.1 Å². The molecule has 0 saturated carbocycles. The van der Waals surface area contributed by atoms with Gasteiger partial charge in [-0.1, -0.05) is 30.8 Å². The normalized spacial score (nSPS) is 12.3. The molecule has 1 unspecified atom stereocenters. The zero-order chi connectivity index (χ0) is 19.6. The lowest BCUT2D eigenvalue weighted by atomic mass is 10.2. The third-order valence-electron chi connectivity index (χ3n) is 4.30. The number of anilines is 1. The number of carbonyl (C=O) groups is 1. The molecule has 3 aromatic rings. The number of carbonyl (C=O) groups excluding carboxylic acids is 1. The fourth-order valence-electron chi connectivity index (χ4n) is 2.74. The van der Waals surface area contributed by atoms with Crippen molar-refractivity contribution in [2.75, 3.05) is 11.1 Å². The van der Waals surface area contributed by atoms with Gasteiger partial charge in [-0.3, -0.25) is 14.2 Å². The number of hydrogen-bond acceptors (Lipinski definition) is 4. The lowest BCUT2D eigenvalue weighted by Gasteiger charge is -2.17. The molecule has 0 spiro atoms. The summed E-state index contributed by atoms with van der Waals surface area (Å²) < 4.78 is 15.3. The molecule has 0 aliphatic heterocycles. The number of thioether (sulfide) groups is 1. The van der Waals surface area contributed by atoms with Crippen LogP contribution in [-0.2, 0) is 4.79 Å². The van der Waals surface area contributed by atoms with E-state index in [4.69, 9.17) is 0 Å². The minimum absolute atomic E-state index is 0.0200. The van der Waals surface area contributed by atoms with Gasteiger partial charge in [0.05, 0.1) is 17.0 Å². The number of amides is 1. The molecule has 0 aliphatic rings. The maximum Gasteiger partial charge on any atom is 0.278 e. The highest BCUT2D eigenvalue weighted by atomic mass is 32.2. The number of H-pyrrole nitrogens is 1. The first-order valence-electron chi connectivity index (χ1n) is 8.69. The molecule has 0 fully saturated rings. The molecule has 6 nitrogen and oxygen atoms in total. The maximum absolute atomic E-state index is 13.7. The number of aryl methyl sites for hydroxylation is 1. The van der Waals surface area contributed by atoms with Crippen LogP contribution in [0.3, 0.4) is 0 Å². The highest BCUT2D eigenvalue weighted by Gasteiger charge is 2.18.